The van der Waals surface area contributed by atoms with Gasteiger partial charge in [0.05, 0.1) is 19.3 Å². The average molecular weight is 369 g/mol. The lowest BCUT2D eigenvalue weighted by Crippen LogP contribution is -2.51. The van der Waals surface area contributed by atoms with Gasteiger partial charge in [0, 0.05) is 33.8 Å². The van der Waals surface area contributed by atoms with Crippen LogP contribution in [0, 0.1) is 5.92 Å². The van der Waals surface area contributed by atoms with Crippen LogP contribution in [0.25, 0.3) is 0 Å². The van der Waals surface area contributed by atoms with Crippen LogP contribution in [-0.2, 0) is 9.47 Å². The van der Waals surface area contributed by atoms with Gasteiger partial charge in [0.2, 0.25) is 0 Å². The van der Waals surface area contributed by atoms with Crippen molar-refractivity contribution in [3.63, 3.8) is 0 Å². The zero-order valence-electron chi connectivity index (χ0n) is 11.2. The molecule has 0 radical (unpaired) electrons. The summed E-state index contributed by atoms with van der Waals surface area (Å²) in [5.74, 6) is 1.86. The maximum Gasteiger partial charge on any atom is 0.193 e. The first kappa shape index (κ1) is 16.0. The second kappa shape index (κ2) is 8.16. The predicted molar refractivity (Wildman–Crippen MR) is 82.7 cm³/mol. The summed E-state index contributed by atoms with van der Waals surface area (Å²) in [6.45, 7) is 4.22. The van der Waals surface area contributed by atoms with Gasteiger partial charge in [-0.3, -0.25) is 4.99 Å². The average Bonchev–Trinajstić information content (AvgIpc) is 3.15. The topological polar surface area (TPSA) is 46.1 Å². The molecule has 0 aromatic carbocycles. The van der Waals surface area contributed by atoms with E-state index in [1.54, 1.807) is 7.11 Å². The van der Waals surface area contributed by atoms with Gasteiger partial charge in [0.1, 0.15) is 0 Å². The Hall–Kier alpha value is -0.0800. The summed E-state index contributed by atoms with van der Waals surface area (Å²) in [6.07, 6.45) is 2.88. The number of ether oxygens (including phenoxy) is 2. The molecular formula is C12H24IN3O2. The number of halogens is 1. The second-order valence-corrected chi connectivity index (χ2v) is 4.77. The summed E-state index contributed by atoms with van der Waals surface area (Å²) in [6, 6.07) is 0. The minimum absolute atomic E-state index is 0. The van der Waals surface area contributed by atoms with Crippen molar-refractivity contribution >= 4 is 29.9 Å². The third-order valence-electron chi connectivity index (χ3n) is 3.25. The number of aliphatic imine (C=N–C) groups is 1. The third kappa shape index (κ3) is 4.89. The summed E-state index contributed by atoms with van der Waals surface area (Å²) in [5.41, 5.74) is 0. The van der Waals surface area contributed by atoms with Crippen LogP contribution < -0.4 is 5.32 Å². The molecule has 1 aliphatic carbocycles. The first-order chi connectivity index (χ1) is 8.33. The monoisotopic (exact) mass is 369 g/mol. The highest BCUT2D eigenvalue weighted by Crippen LogP contribution is 2.27. The molecule has 1 atom stereocenters. The van der Waals surface area contributed by atoms with E-state index in [1.165, 1.54) is 12.8 Å². The molecule has 106 valence electrons. The van der Waals surface area contributed by atoms with E-state index in [0.717, 1.165) is 38.1 Å². The SMILES string of the molecule is CN=C(NCC1CC1)N1CCOC(COC)C1.I. The highest BCUT2D eigenvalue weighted by atomic mass is 127. The summed E-state index contributed by atoms with van der Waals surface area (Å²) in [4.78, 5) is 6.60. The molecule has 2 rings (SSSR count). The van der Waals surface area contributed by atoms with Crippen LogP contribution >= 0.6 is 24.0 Å². The second-order valence-electron chi connectivity index (χ2n) is 4.77. The lowest BCUT2D eigenvalue weighted by molar-refractivity contribution is -0.0447. The van der Waals surface area contributed by atoms with Gasteiger partial charge in [-0.2, -0.15) is 0 Å². The molecule has 0 bridgehead atoms. The number of methoxy groups -OCH3 is 1. The van der Waals surface area contributed by atoms with Gasteiger partial charge in [0.25, 0.3) is 0 Å². The van der Waals surface area contributed by atoms with E-state index in [2.05, 4.69) is 15.2 Å². The summed E-state index contributed by atoms with van der Waals surface area (Å²) >= 11 is 0. The third-order valence-corrected chi connectivity index (χ3v) is 3.25. The van der Waals surface area contributed by atoms with Crippen molar-refractivity contribution in [2.75, 3.05) is 47.0 Å². The van der Waals surface area contributed by atoms with Crippen LogP contribution in [0.4, 0.5) is 0 Å². The van der Waals surface area contributed by atoms with E-state index in [9.17, 15) is 0 Å². The Morgan fingerprint density at radius 2 is 2.28 bits per heavy atom. The normalized spacial score (nSPS) is 24.7. The van der Waals surface area contributed by atoms with Crippen molar-refractivity contribution < 1.29 is 9.47 Å². The summed E-state index contributed by atoms with van der Waals surface area (Å²) in [5, 5.41) is 3.44. The molecule has 5 nitrogen and oxygen atoms in total. The predicted octanol–water partition coefficient (Wildman–Crippen LogP) is 0.937. The van der Waals surface area contributed by atoms with Gasteiger partial charge in [-0.1, -0.05) is 0 Å². The van der Waals surface area contributed by atoms with Crippen LogP contribution in [0.15, 0.2) is 4.99 Å². The van der Waals surface area contributed by atoms with Crippen LogP contribution in [-0.4, -0.2) is 64.0 Å². The fourth-order valence-corrected chi connectivity index (χ4v) is 2.09. The van der Waals surface area contributed by atoms with Gasteiger partial charge in [-0.15, -0.1) is 24.0 Å². The fraction of sp³-hybridized carbons (Fsp3) is 0.917. The minimum atomic E-state index is 0. The summed E-state index contributed by atoms with van der Waals surface area (Å²) in [7, 11) is 3.55. The Bertz CT molecular complexity index is 270. The number of hydrogen-bond acceptors (Lipinski definition) is 3. The quantitative estimate of drug-likeness (QED) is 0.455. The van der Waals surface area contributed by atoms with Gasteiger partial charge in [-0.25, -0.2) is 0 Å². The lowest BCUT2D eigenvalue weighted by Gasteiger charge is -2.34. The van der Waals surface area contributed by atoms with Crippen molar-refractivity contribution in [1.82, 2.24) is 10.2 Å². The van der Waals surface area contributed by atoms with E-state index in [0.29, 0.717) is 6.61 Å². The highest BCUT2D eigenvalue weighted by molar-refractivity contribution is 14.0. The first-order valence-electron chi connectivity index (χ1n) is 6.39. The maximum atomic E-state index is 5.63. The van der Waals surface area contributed by atoms with Crippen LogP contribution in [0.3, 0.4) is 0 Å². The molecule has 0 aromatic heterocycles. The molecule has 0 amide bonds. The number of nitrogens with one attached hydrogen (secondary N) is 1. The van der Waals surface area contributed by atoms with E-state index < -0.39 is 0 Å². The Labute approximate surface area is 126 Å². The van der Waals surface area contributed by atoms with Gasteiger partial charge < -0.3 is 19.7 Å². The van der Waals surface area contributed by atoms with Gasteiger partial charge in [0.15, 0.2) is 5.96 Å². The number of rotatable bonds is 4. The van der Waals surface area contributed by atoms with Crippen molar-refractivity contribution in [1.29, 1.82) is 0 Å². The zero-order chi connectivity index (χ0) is 12.1. The Morgan fingerprint density at radius 1 is 1.50 bits per heavy atom. The molecule has 1 unspecified atom stereocenters. The Kier molecular flexibility index (Phi) is 7.25. The van der Waals surface area contributed by atoms with Gasteiger partial charge >= 0.3 is 0 Å². The number of guanidine groups is 1. The standard InChI is InChI=1S/C12H23N3O2.HI/c1-13-12(14-7-10-3-4-10)15-5-6-17-11(8-15)9-16-2;/h10-11H,3-9H2,1-2H3,(H,13,14);1H. The van der Waals surface area contributed by atoms with Gasteiger partial charge in [-0.05, 0) is 18.8 Å². The highest BCUT2D eigenvalue weighted by Gasteiger charge is 2.25. The van der Waals surface area contributed by atoms with Crippen molar-refractivity contribution in [2.24, 2.45) is 10.9 Å². The molecule has 0 spiro atoms. The van der Waals surface area contributed by atoms with Crippen LogP contribution in [0.2, 0.25) is 0 Å². The van der Waals surface area contributed by atoms with Crippen molar-refractivity contribution in [3.05, 3.63) is 0 Å². The molecule has 1 saturated carbocycles. The van der Waals surface area contributed by atoms with E-state index in [-0.39, 0.29) is 30.1 Å². The molecule has 1 N–H and O–H groups in total. The Morgan fingerprint density at radius 3 is 2.89 bits per heavy atom. The van der Waals surface area contributed by atoms with Crippen molar-refractivity contribution in [3.8, 4) is 0 Å². The Balaban J connectivity index is 0.00000162. The minimum Gasteiger partial charge on any atom is -0.382 e. The van der Waals surface area contributed by atoms with Crippen molar-refractivity contribution in [2.45, 2.75) is 18.9 Å². The van der Waals surface area contributed by atoms with E-state index in [4.69, 9.17) is 9.47 Å². The molecule has 1 heterocycles. The van der Waals surface area contributed by atoms with E-state index in [1.807, 2.05) is 7.05 Å². The molecular weight excluding hydrogens is 345 g/mol. The number of nitrogens with zero attached hydrogens (tertiary/aromatic N) is 2. The first-order valence-corrected chi connectivity index (χ1v) is 6.39. The smallest absolute Gasteiger partial charge is 0.193 e. The van der Waals surface area contributed by atoms with Crippen LogP contribution in [0.1, 0.15) is 12.8 Å². The summed E-state index contributed by atoms with van der Waals surface area (Å²) < 4.78 is 10.8. The molecule has 6 heteroatoms. The fourth-order valence-electron chi connectivity index (χ4n) is 2.09. The number of morpholine rings is 1. The molecule has 2 fully saturated rings. The molecule has 1 aliphatic heterocycles. The van der Waals surface area contributed by atoms with Crippen LogP contribution in [0.5, 0.6) is 0 Å². The van der Waals surface area contributed by atoms with E-state index >= 15 is 0 Å². The molecule has 0 aromatic rings. The lowest BCUT2D eigenvalue weighted by atomic mass is 10.3. The molecule has 1 saturated heterocycles. The largest absolute Gasteiger partial charge is 0.382 e. The maximum absolute atomic E-state index is 5.63. The number of hydrogen-bond donors (Lipinski definition) is 1. The molecule has 2 aliphatic rings. The molecule has 18 heavy (non-hydrogen) atoms. The zero-order valence-corrected chi connectivity index (χ0v) is 13.6.